The van der Waals surface area contributed by atoms with Crippen LogP contribution in [0.1, 0.15) is 15.9 Å². The summed E-state index contributed by atoms with van der Waals surface area (Å²) in [6.45, 7) is 1.98. The van der Waals surface area contributed by atoms with Crippen LogP contribution < -0.4 is 4.74 Å². The standard InChI is InChI=1S/C14H14N2O2/c1-4-8-16(9-7-15)14(17)12-6-5-11(2)13(10-12)18-3/h1,5-6,10H,8-9H2,2-3H3. The molecule has 1 aromatic carbocycles. The van der Waals surface area contributed by atoms with Gasteiger partial charge in [0.15, 0.2) is 0 Å². The summed E-state index contributed by atoms with van der Waals surface area (Å²) in [6, 6.07) is 7.07. The molecule has 0 saturated carbocycles. The van der Waals surface area contributed by atoms with Gasteiger partial charge in [-0.05, 0) is 24.6 Å². The molecule has 0 atom stereocenters. The van der Waals surface area contributed by atoms with Crippen LogP contribution in [0.4, 0.5) is 0 Å². The number of carbonyl (C=O) groups excluding carboxylic acids is 1. The van der Waals surface area contributed by atoms with Crippen LogP contribution in [0.25, 0.3) is 0 Å². The monoisotopic (exact) mass is 242 g/mol. The van der Waals surface area contributed by atoms with E-state index in [1.165, 1.54) is 4.90 Å². The molecule has 1 amide bonds. The van der Waals surface area contributed by atoms with Gasteiger partial charge in [-0.15, -0.1) is 6.42 Å². The Balaban J connectivity index is 3.02. The van der Waals surface area contributed by atoms with Gasteiger partial charge in [0.2, 0.25) is 0 Å². The summed E-state index contributed by atoms with van der Waals surface area (Å²) in [5.41, 5.74) is 1.40. The minimum atomic E-state index is -0.271. The normalized spacial score (nSPS) is 9.11. The molecule has 92 valence electrons. The first-order valence-corrected chi connectivity index (χ1v) is 5.38. The molecule has 4 heteroatoms. The summed E-state index contributed by atoms with van der Waals surface area (Å²) in [6.07, 6.45) is 5.18. The van der Waals surface area contributed by atoms with Gasteiger partial charge in [-0.3, -0.25) is 4.79 Å². The number of nitriles is 1. The Morgan fingerprint density at radius 3 is 2.78 bits per heavy atom. The largest absolute Gasteiger partial charge is 0.496 e. The molecule has 0 spiro atoms. The van der Waals surface area contributed by atoms with Crippen LogP contribution in [0.3, 0.4) is 0 Å². The fourth-order valence-electron chi connectivity index (χ4n) is 1.53. The highest BCUT2D eigenvalue weighted by molar-refractivity contribution is 5.95. The van der Waals surface area contributed by atoms with Crippen LogP contribution in [0, 0.1) is 30.6 Å². The van der Waals surface area contributed by atoms with Gasteiger partial charge < -0.3 is 9.64 Å². The number of benzene rings is 1. The molecule has 0 aliphatic carbocycles. The molecule has 0 fully saturated rings. The van der Waals surface area contributed by atoms with E-state index in [1.807, 2.05) is 13.0 Å². The second kappa shape index (κ2) is 6.32. The Bertz CT molecular complexity index is 508. The molecular formula is C14H14N2O2. The van der Waals surface area contributed by atoms with Crippen molar-refractivity contribution in [2.75, 3.05) is 20.2 Å². The number of hydrogen-bond acceptors (Lipinski definition) is 3. The lowest BCUT2D eigenvalue weighted by Crippen LogP contribution is -2.31. The summed E-state index contributed by atoms with van der Waals surface area (Å²) in [7, 11) is 1.55. The minimum absolute atomic E-state index is 0.0285. The number of terminal acetylenes is 1. The lowest BCUT2D eigenvalue weighted by Gasteiger charge is -2.17. The zero-order chi connectivity index (χ0) is 13.5. The van der Waals surface area contributed by atoms with Crippen LogP contribution in [0.2, 0.25) is 0 Å². The zero-order valence-corrected chi connectivity index (χ0v) is 10.4. The SMILES string of the molecule is C#CCN(CC#N)C(=O)c1ccc(C)c(OC)c1. The lowest BCUT2D eigenvalue weighted by atomic mass is 10.1. The third-order valence-electron chi connectivity index (χ3n) is 2.49. The quantitative estimate of drug-likeness (QED) is 0.595. The van der Waals surface area contributed by atoms with E-state index in [4.69, 9.17) is 16.4 Å². The topological polar surface area (TPSA) is 53.3 Å². The van der Waals surface area contributed by atoms with Crippen molar-refractivity contribution in [3.05, 3.63) is 29.3 Å². The van der Waals surface area contributed by atoms with Crippen molar-refractivity contribution in [2.45, 2.75) is 6.92 Å². The maximum atomic E-state index is 12.1. The van der Waals surface area contributed by atoms with Crippen molar-refractivity contribution in [3.63, 3.8) is 0 Å². The molecule has 0 radical (unpaired) electrons. The summed E-state index contributed by atoms with van der Waals surface area (Å²) < 4.78 is 5.16. The third kappa shape index (κ3) is 3.02. The molecule has 0 saturated heterocycles. The van der Waals surface area contributed by atoms with Gasteiger partial charge in [0.25, 0.3) is 5.91 Å². The second-order valence-corrected chi connectivity index (χ2v) is 3.71. The number of methoxy groups -OCH3 is 1. The Morgan fingerprint density at radius 2 is 2.22 bits per heavy atom. The molecule has 18 heavy (non-hydrogen) atoms. The molecule has 0 aromatic heterocycles. The van der Waals surface area contributed by atoms with E-state index in [0.717, 1.165) is 5.56 Å². The number of carbonyl (C=O) groups is 1. The molecule has 4 nitrogen and oxygen atoms in total. The average Bonchev–Trinajstić information content (AvgIpc) is 2.38. The van der Waals surface area contributed by atoms with E-state index in [-0.39, 0.29) is 19.0 Å². The van der Waals surface area contributed by atoms with Crippen molar-refractivity contribution >= 4 is 5.91 Å². The average molecular weight is 242 g/mol. The maximum absolute atomic E-state index is 12.1. The van der Waals surface area contributed by atoms with E-state index in [0.29, 0.717) is 11.3 Å². The van der Waals surface area contributed by atoms with Gasteiger partial charge in [0, 0.05) is 5.56 Å². The highest BCUT2D eigenvalue weighted by Gasteiger charge is 2.15. The van der Waals surface area contributed by atoms with Crippen LogP contribution in [-0.2, 0) is 0 Å². The number of ether oxygens (including phenoxy) is 1. The predicted molar refractivity (Wildman–Crippen MR) is 68.1 cm³/mol. The third-order valence-corrected chi connectivity index (χ3v) is 2.49. The van der Waals surface area contributed by atoms with Gasteiger partial charge in [-0.2, -0.15) is 5.26 Å². The van der Waals surface area contributed by atoms with Crippen molar-refractivity contribution in [1.29, 1.82) is 5.26 Å². The maximum Gasteiger partial charge on any atom is 0.255 e. The highest BCUT2D eigenvalue weighted by Crippen LogP contribution is 2.19. The zero-order valence-electron chi connectivity index (χ0n) is 10.4. The number of hydrogen-bond donors (Lipinski definition) is 0. The fourth-order valence-corrected chi connectivity index (χ4v) is 1.53. The Kier molecular flexibility index (Phi) is 4.78. The molecule has 0 aliphatic rings. The number of aryl methyl sites for hydroxylation is 1. The first kappa shape index (κ1) is 13.6. The Hall–Kier alpha value is -2.46. The lowest BCUT2D eigenvalue weighted by molar-refractivity contribution is 0.0795. The summed E-state index contributed by atoms with van der Waals surface area (Å²) >= 11 is 0. The predicted octanol–water partition coefficient (Wildman–Crippen LogP) is 1.60. The highest BCUT2D eigenvalue weighted by atomic mass is 16.5. The number of nitrogens with zero attached hydrogens (tertiary/aromatic N) is 2. The van der Waals surface area contributed by atoms with Gasteiger partial charge >= 0.3 is 0 Å². The molecule has 0 heterocycles. The molecule has 1 aromatic rings. The van der Waals surface area contributed by atoms with Crippen molar-refractivity contribution < 1.29 is 9.53 Å². The van der Waals surface area contributed by atoms with Crippen LogP contribution >= 0.6 is 0 Å². The van der Waals surface area contributed by atoms with Crippen molar-refractivity contribution in [3.8, 4) is 24.2 Å². The van der Waals surface area contributed by atoms with Gasteiger partial charge in [-0.25, -0.2) is 0 Å². The van der Waals surface area contributed by atoms with Crippen LogP contribution in [0.15, 0.2) is 18.2 Å². The molecule has 0 unspecified atom stereocenters. The van der Waals surface area contributed by atoms with E-state index in [1.54, 1.807) is 25.3 Å². The number of amides is 1. The van der Waals surface area contributed by atoms with Crippen LogP contribution in [-0.4, -0.2) is 31.0 Å². The second-order valence-electron chi connectivity index (χ2n) is 3.71. The van der Waals surface area contributed by atoms with Crippen LogP contribution in [0.5, 0.6) is 5.75 Å². The molecule has 0 N–H and O–H groups in total. The van der Waals surface area contributed by atoms with Gasteiger partial charge in [0.1, 0.15) is 12.3 Å². The van der Waals surface area contributed by atoms with Gasteiger partial charge in [0.05, 0.1) is 19.7 Å². The van der Waals surface area contributed by atoms with Crippen molar-refractivity contribution in [1.82, 2.24) is 4.90 Å². The molecule has 0 bridgehead atoms. The van der Waals surface area contributed by atoms with Crippen molar-refractivity contribution in [2.24, 2.45) is 0 Å². The minimum Gasteiger partial charge on any atom is -0.496 e. The van der Waals surface area contributed by atoms with E-state index in [9.17, 15) is 4.79 Å². The van der Waals surface area contributed by atoms with E-state index in [2.05, 4.69) is 5.92 Å². The van der Waals surface area contributed by atoms with E-state index >= 15 is 0 Å². The molecular weight excluding hydrogens is 228 g/mol. The number of rotatable bonds is 4. The molecule has 0 aliphatic heterocycles. The summed E-state index contributed by atoms with van der Waals surface area (Å²) in [5, 5.41) is 8.67. The molecule has 1 rings (SSSR count). The summed E-state index contributed by atoms with van der Waals surface area (Å²) in [4.78, 5) is 13.4. The first-order chi connectivity index (χ1) is 8.63. The smallest absolute Gasteiger partial charge is 0.255 e. The van der Waals surface area contributed by atoms with Gasteiger partial charge in [-0.1, -0.05) is 12.0 Å². The first-order valence-electron chi connectivity index (χ1n) is 5.38. The van der Waals surface area contributed by atoms with E-state index < -0.39 is 0 Å². The summed E-state index contributed by atoms with van der Waals surface area (Å²) in [5.74, 6) is 2.73. The Labute approximate surface area is 107 Å². The fraction of sp³-hybridized carbons (Fsp3) is 0.286. The Morgan fingerprint density at radius 1 is 1.50 bits per heavy atom.